The highest BCUT2D eigenvalue weighted by molar-refractivity contribution is 5.25. The smallest absolute Gasteiger partial charge is 0.126 e. The van der Waals surface area contributed by atoms with Crippen LogP contribution in [0.2, 0.25) is 0 Å². The van der Waals surface area contributed by atoms with Gasteiger partial charge < -0.3 is 10.1 Å². The number of aryl methyl sites for hydroxylation is 1. The van der Waals surface area contributed by atoms with Crippen molar-refractivity contribution in [1.82, 2.24) is 5.32 Å². The second-order valence-electron chi connectivity index (χ2n) is 5.96. The van der Waals surface area contributed by atoms with Gasteiger partial charge in [0.05, 0.1) is 6.10 Å². The van der Waals surface area contributed by atoms with E-state index < -0.39 is 0 Å². The van der Waals surface area contributed by atoms with E-state index in [-0.39, 0.29) is 11.9 Å². The predicted molar refractivity (Wildman–Crippen MR) is 73.6 cm³/mol. The Morgan fingerprint density at radius 2 is 2.11 bits per heavy atom. The minimum absolute atomic E-state index is 0.118. The molecule has 0 radical (unpaired) electrons. The third kappa shape index (κ3) is 2.82. The normalized spacial score (nSPS) is 28.6. The molecule has 0 aromatic heterocycles. The van der Waals surface area contributed by atoms with Gasteiger partial charge >= 0.3 is 0 Å². The first kappa shape index (κ1) is 13.1. The molecule has 3 heteroatoms. The summed E-state index contributed by atoms with van der Waals surface area (Å²) in [6, 6.07) is 6.11. The summed E-state index contributed by atoms with van der Waals surface area (Å²) in [5, 5.41) is 3.62. The summed E-state index contributed by atoms with van der Waals surface area (Å²) in [7, 11) is 0. The maximum absolute atomic E-state index is 13.6. The Kier molecular flexibility index (Phi) is 3.59. The lowest BCUT2D eigenvalue weighted by Gasteiger charge is -2.24. The van der Waals surface area contributed by atoms with Crippen LogP contribution >= 0.6 is 0 Å². The highest BCUT2D eigenvalue weighted by Gasteiger charge is 2.40. The van der Waals surface area contributed by atoms with Gasteiger partial charge in [0.15, 0.2) is 0 Å². The molecule has 1 N–H and O–H groups in total. The fraction of sp³-hybridized carbons (Fsp3) is 0.625. The van der Waals surface area contributed by atoms with Crippen molar-refractivity contribution < 1.29 is 9.13 Å². The van der Waals surface area contributed by atoms with Gasteiger partial charge in [0.25, 0.3) is 0 Å². The first-order valence-electron chi connectivity index (χ1n) is 7.29. The molecule has 0 spiro atoms. The number of nitrogens with one attached hydrogen (secondary N) is 1. The Bertz CT molecular complexity index is 458. The van der Waals surface area contributed by atoms with Crippen molar-refractivity contribution in [2.24, 2.45) is 5.92 Å². The molecule has 0 bridgehead atoms. The standard InChI is InChI=1S/C16H22FNO/c1-10-3-4-13(9-14(10)17)11(2)18-15-7-8-19-16(15)12-5-6-12/h3-4,9,11-12,15-16,18H,5-8H2,1-2H3. The molecule has 1 aromatic carbocycles. The fourth-order valence-electron chi connectivity index (χ4n) is 2.97. The number of halogens is 1. The predicted octanol–water partition coefficient (Wildman–Crippen LogP) is 3.35. The highest BCUT2D eigenvalue weighted by Crippen LogP contribution is 2.39. The molecule has 1 aromatic rings. The van der Waals surface area contributed by atoms with E-state index in [1.165, 1.54) is 12.8 Å². The molecule has 2 nitrogen and oxygen atoms in total. The zero-order valence-electron chi connectivity index (χ0n) is 11.7. The first-order valence-corrected chi connectivity index (χ1v) is 7.29. The van der Waals surface area contributed by atoms with Crippen LogP contribution < -0.4 is 5.32 Å². The largest absolute Gasteiger partial charge is 0.376 e. The summed E-state index contributed by atoms with van der Waals surface area (Å²) in [6.07, 6.45) is 4.05. The Morgan fingerprint density at radius 3 is 2.79 bits per heavy atom. The van der Waals surface area contributed by atoms with E-state index in [1.807, 2.05) is 12.1 Å². The molecule has 3 unspecified atom stereocenters. The second kappa shape index (κ2) is 5.22. The van der Waals surface area contributed by atoms with Gasteiger partial charge in [-0.3, -0.25) is 0 Å². The summed E-state index contributed by atoms with van der Waals surface area (Å²) in [5.41, 5.74) is 1.72. The lowest BCUT2D eigenvalue weighted by atomic mass is 10.0. The Balaban J connectivity index is 1.66. The molecule has 1 saturated carbocycles. The molecular formula is C16H22FNO. The SMILES string of the molecule is Cc1ccc(C(C)NC2CCOC2C2CC2)cc1F. The van der Waals surface area contributed by atoms with Gasteiger partial charge in [-0.2, -0.15) is 0 Å². The van der Waals surface area contributed by atoms with Gasteiger partial charge in [0, 0.05) is 18.7 Å². The van der Waals surface area contributed by atoms with Crippen LogP contribution in [-0.4, -0.2) is 18.8 Å². The molecule has 2 fully saturated rings. The molecule has 1 aliphatic heterocycles. The number of hydrogen-bond acceptors (Lipinski definition) is 2. The van der Waals surface area contributed by atoms with Crippen LogP contribution in [0.3, 0.4) is 0 Å². The average Bonchev–Trinajstić information content (AvgIpc) is 3.13. The molecule has 0 amide bonds. The molecule has 1 heterocycles. The molecule has 1 saturated heterocycles. The van der Waals surface area contributed by atoms with Crippen molar-refractivity contribution in [2.45, 2.75) is 51.3 Å². The van der Waals surface area contributed by atoms with Crippen molar-refractivity contribution in [2.75, 3.05) is 6.61 Å². The zero-order valence-corrected chi connectivity index (χ0v) is 11.7. The van der Waals surface area contributed by atoms with Gasteiger partial charge in [0.1, 0.15) is 5.82 Å². The minimum atomic E-state index is -0.118. The molecule has 2 aliphatic rings. The average molecular weight is 263 g/mol. The third-order valence-electron chi connectivity index (χ3n) is 4.38. The van der Waals surface area contributed by atoms with Crippen molar-refractivity contribution in [1.29, 1.82) is 0 Å². The van der Waals surface area contributed by atoms with Gasteiger partial charge in [-0.25, -0.2) is 4.39 Å². The zero-order chi connectivity index (χ0) is 13.4. The summed E-state index contributed by atoms with van der Waals surface area (Å²) in [5.74, 6) is 0.634. The maximum atomic E-state index is 13.6. The van der Waals surface area contributed by atoms with E-state index in [9.17, 15) is 4.39 Å². The Morgan fingerprint density at radius 1 is 1.32 bits per heavy atom. The summed E-state index contributed by atoms with van der Waals surface area (Å²) >= 11 is 0. The lowest BCUT2D eigenvalue weighted by Crippen LogP contribution is -2.39. The minimum Gasteiger partial charge on any atom is -0.376 e. The van der Waals surface area contributed by atoms with Gasteiger partial charge in [-0.1, -0.05) is 12.1 Å². The molecule has 104 valence electrons. The Hall–Kier alpha value is -0.930. The van der Waals surface area contributed by atoms with Gasteiger partial charge in [-0.05, 0) is 56.2 Å². The Labute approximate surface area is 114 Å². The lowest BCUT2D eigenvalue weighted by molar-refractivity contribution is 0.0793. The molecule has 19 heavy (non-hydrogen) atoms. The summed E-state index contributed by atoms with van der Waals surface area (Å²) < 4.78 is 19.4. The molecule has 3 rings (SSSR count). The number of benzene rings is 1. The van der Waals surface area contributed by atoms with E-state index in [1.54, 1.807) is 13.0 Å². The van der Waals surface area contributed by atoms with Crippen LogP contribution in [-0.2, 0) is 4.74 Å². The van der Waals surface area contributed by atoms with E-state index in [0.29, 0.717) is 17.7 Å². The van der Waals surface area contributed by atoms with Gasteiger partial charge in [-0.15, -0.1) is 0 Å². The van der Waals surface area contributed by atoms with Crippen LogP contribution in [0, 0.1) is 18.7 Å². The van der Waals surface area contributed by atoms with E-state index in [2.05, 4.69) is 12.2 Å². The van der Waals surface area contributed by atoms with E-state index in [0.717, 1.165) is 24.5 Å². The molecule has 3 atom stereocenters. The maximum Gasteiger partial charge on any atom is 0.126 e. The molecule has 1 aliphatic carbocycles. The van der Waals surface area contributed by atoms with E-state index in [4.69, 9.17) is 4.74 Å². The molecular weight excluding hydrogens is 241 g/mol. The third-order valence-corrected chi connectivity index (χ3v) is 4.38. The second-order valence-corrected chi connectivity index (χ2v) is 5.96. The van der Waals surface area contributed by atoms with Crippen LogP contribution in [0.4, 0.5) is 4.39 Å². The van der Waals surface area contributed by atoms with Crippen LogP contribution in [0.5, 0.6) is 0 Å². The summed E-state index contributed by atoms with van der Waals surface area (Å²) in [6.45, 7) is 4.76. The quantitative estimate of drug-likeness (QED) is 0.899. The number of hydrogen-bond donors (Lipinski definition) is 1. The van der Waals surface area contributed by atoms with Crippen molar-refractivity contribution >= 4 is 0 Å². The topological polar surface area (TPSA) is 21.3 Å². The van der Waals surface area contributed by atoms with Crippen LogP contribution in [0.1, 0.15) is 43.4 Å². The first-order chi connectivity index (χ1) is 9.15. The highest BCUT2D eigenvalue weighted by atomic mass is 19.1. The summed E-state index contributed by atoms with van der Waals surface area (Å²) in [4.78, 5) is 0. The number of rotatable bonds is 4. The van der Waals surface area contributed by atoms with Crippen molar-refractivity contribution in [3.8, 4) is 0 Å². The van der Waals surface area contributed by atoms with Crippen molar-refractivity contribution in [3.63, 3.8) is 0 Å². The fourth-order valence-corrected chi connectivity index (χ4v) is 2.97. The monoisotopic (exact) mass is 263 g/mol. The van der Waals surface area contributed by atoms with Crippen LogP contribution in [0.15, 0.2) is 18.2 Å². The van der Waals surface area contributed by atoms with Crippen LogP contribution in [0.25, 0.3) is 0 Å². The van der Waals surface area contributed by atoms with Gasteiger partial charge in [0.2, 0.25) is 0 Å². The number of ether oxygens (including phenoxy) is 1. The van der Waals surface area contributed by atoms with E-state index >= 15 is 0 Å². The van der Waals surface area contributed by atoms with Crippen molar-refractivity contribution in [3.05, 3.63) is 35.1 Å².